The molecule has 3 nitrogen and oxygen atoms in total. The van der Waals surface area contributed by atoms with Gasteiger partial charge in [-0.15, -0.1) is 0 Å². The van der Waals surface area contributed by atoms with Crippen LogP contribution >= 0.6 is 0 Å². The van der Waals surface area contributed by atoms with Crippen LogP contribution in [0.15, 0.2) is 36.4 Å². The van der Waals surface area contributed by atoms with E-state index in [1.165, 1.54) is 0 Å². The number of hydrogen-bond acceptors (Lipinski definition) is 2. The normalized spacial score (nSPS) is 11.2. The smallest absolute Gasteiger partial charge is 0.146 e. The van der Waals surface area contributed by atoms with E-state index in [0.29, 0.717) is 5.82 Å². The Bertz CT molecular complexity index is 793. The van der Waals surface area contributed by atoms with Crippen molar-refractivity contribution in [3.8, 4) is 0 Å². The van der Waals surface area contributed by atoms with E-state index in [9.17, 15) is 8.78 Å². The summed E-state index contributed by atoms with van der Waals surface area (Å²) in [6.45, 7) is 0. The van der Waals surface area contributed by atoms with Gasteiger partial charge in [-0.25, -0.2) is 13.8 Å². The molecule has 5 heteroatoms. The van der Waals surface area contributed by atoms with Gasteiger partial charge >= 0.3 is 0 Å². The Morgan fingerprint density at radius 2 is 1.90 bits per heavy atom. The van der Waals surface area contributed by atoms with Gasteiger partial charge in [-0.3, -0.25) is 0 Å². The monoisotopic (exact) mass is 273 g/mol. The number of nitrogen functional groups attached to an aromatic ring is 1. The van der Waals surface area contributed by atoms with Gasteiger partial charge in [0.1, 0.15) is 17.5 Å². The van der Waals surface area contributed by atoms with E-state index in [2.05, 4.69) is 4.98 Å². The van der Waals surface area contributed by atoms with Crippen LogP contribution in [0.2, 0.25) is 0 Å². The quantitative estimate of drug-likeness (QED) is 0.729. The average Bonchev–Trinajstić information content (AvgIpc) is 2.73. The molecule has 1 heterocycles. The first-order valence-electron chi connectivity index (χ1n) is 6.20. The highest BCUT2D eigenvalue weighted by atomic mass is 19.1. The second-order valence-electron chi connectivity index (χ2n) is 4.72. The highest BCUT2D eigenvalue weighted by molar-refractivity contribution is 5.75. The Hall–Kier alpha value is -2.43. The van der Waals surface area contributed by atoms with E-state index in [4.69, 9.17) is 5.73 Å². The summed E-state index contributed by atoms with van der Waals surface area (Å²) in [5.74, 6) is -0.453. The molecule has 2 aromatic carbocycles. The number of para-hydroxylation sites is 2. The van der Waals surface area contributed by atoms with Gasteiger partial charge in [0.2, 0.25) is 0 Å². The van der Waals surface area contributed by atoms with Gasteiger partial charge in [-0.1, -0.05) is 12.1 Å². The summed E-state index contributed by atoms with van der Waals surface area (Å²) in [6.07, 6.45) is 0.216. The molecule has 0 bridgehead atoms. The lowest BCUT2D eigenvalue weighted by atomic mass is 10.1. The molecule has 20 heavy (non-hydrogen) atoms. The average molecular weight is 273 g/mol. The first kappa shape index (κ1) is 12.6. The van der Waals surface area contributed by atoms with E-state index in [1.54, 1.807) is 0 Å². The molecule has 0 fully saturated rings. The van der Waals surface area contributed by atoms with Crippen molar-refractivity contribution in [3.63, 3.8) is 0 Å². The first-order valence-corrected chi connectivity index (χ1v) is 6.20. The molecule has 0 aliphatic rings. The van der Waals surface area contributed by atoms with Crippen LogP contribution < -0.4 is 5.73 Å². The molecule has 0 atom stereocenters. The topological polar surface area (TPSA) is 43.8 Å². The maximum absolute atomic E-state index is 13.8. The van der Waals surface area contributed by atoms with Gasteiger partial charge in [-0.05, 0) is 23.8 Å². The van der Waals surface area contributed by atoms with Crippen molar-refractivity contribution in [2.45, 2.75) is 6.42 Å². The van der Waals surface area contributed by atoms with Gasteiger partial charge in [0, 0.05) is 19.5 Å². The number of aryl methyl sites for hydroxylation is 1. The first-order chi connectivity index (χ1) is 9.56. The van der Waals surface area contributed by atoms with Crippen LogP contribution in [-0.4, -0.2) is 9.55 Å². The molecule has 2 N–H and O–H groups in total. The highest BCUT2D eigenvalue weighted by Crippen LogP contribution is 2.21. The molecular weight excluding hydrogens is 260 g/mol. The van der Waals surface area contributed by atoms with Crippen LogP contribution in [0, 0.1) is 11.6 Å². The Labute approximate surface area is 114 Å². The maximum atomic E-state index is 13.8. The number of fused-ring (bicyclic) bond motifs is 1. The summed E-state index contributed by atoms with van der Waals surface area (Å²) in [5, 5.41) is 0. The highest BCUT2D eigenvalue weighted by Gasteiger charge is 2.13. The molecule has 0 saturated heterocycles. The molecule has 3 rings (SSSR count). The van der Waals surface area contributed by atoms with Gasteiger partial charge in [0.25, 0.3) is 0 Å². The molecule has 3 aromatic rings. The number of halogens is 2. The number of hydrogen-bond donors (Lipinski definition) is 1. The molecule has 0 radical (unpaired) electrons. The molecule has 0 aliphatic carbocycles. The standard InChI is InChI=1S/C15H13F2N3/c1-20-14-5-3-2-4-13(14)19-15(20)7-9-6-11(17)12(18)8-10(9)16/h2-6,8H,7,18H2,1H3. The van der Waals surface area contributed by atoms with Gasteiger partial charge in [0.05, 0.1) is 16.7 Å². The summed E-state index contributed by atoms with van der Waals surface area (Å²) < 4.78 is 29.1. The fourth-order valence-electron chi connectivity index (χ4n) is 2.26. The lowest BCUT2D eigenvalue weighted by molar-refractivity contribution is 0.589. The molecule has 1 aromatic heterocycles. The molecule has 0 spiro atoms. The minimum Gasteiger partial charge on any atom is -0.396 e. The van der Waals surface area contributed by atoms with Crippen molar-refractivity contribution in [2.24, 2.45) is 7.05 Å². The zero-order valence-corrected chi connectivity index (χ0v) is 10.9. The lowest BCUT2D eigenvalue weighted by Gasteiger charge is -2.06. The summed E-state index contributed by atoms with van der Waals surface area (Å²) in [5.41, 5.74) is 7.19. The Morgan fingerprint density at radius 3 is 2.65 bits per heavy atom. The van der Waals surface area contributed by atoms with Gasteiger partial charge in [0.15, 0.2) is 0 Å². The fourth-order valence-corrected chi connectivity index (χ4v) is 2.26. The van der Waals surface area contributed by atoms with Crippen molar-refractivity contribution in [3.05, 3.63) is 59.4 Å². The maximum Gasteiger partial charge on any atom is 0.146 e. The van der Waals surface area contributed by atoms with Crippen LogP contribution in [-0.2, 0) is 13.5 Å². The van der Waals surface area contributed by atoms with Gasteiger partial charge in [-0.2, -0.15) is 0 Å². The summed E-state index contributed by atoms with van der Waals surface area (Å²) in [4.78, 5) is 4.44. The van der Waals surface area contributed by atoms with Crippen molar-refractivity contribution in [1.82, 2.24) is 9.55 Å². The summed E-state index contributed by atoms with van der Waals surface area (Å²) in [6, 6.07) is 9.77. The third-order valence-electron chi connectivity index (χ3n) is 3.39. The van der Waals surface area contributed by atoms with E-state index < -0.39 is 11.6 Å². The van der Waals surface area contributed by atoms with Crippen molar-refractivity contribution in [1.29, 1.82) is 0 Å². The van der Waals surface area contributed by atoms with E-state index in [1.807, 2.05) is 35.9 Å². The second kappa shape index (κ2) is 4.59. The zero-order chi connectivity index (χ0) is 14.3. The third-order valence-corrected chi connectivity index (χ3v) is 3.39. The summed E-state index contributed by atoms with van der Waals surface area (Å²) in [7, 11) is 1.86. The van der Waals surface area contributed by atoms with Crippen molar-refractivity contribution in [2.75, 3.05) is 5.73 Å². The van der Waals surface area contributed by atoms with Crippen LogP contribution in [0.5, 0.6) is 0 Å². The third kappa shape index (κ3) is 2.01. The minimum absolute atomic E-state index is 0.184. The minimum atomic E-state index is -0.611. The fraction of sp³-hybridized carbons (Fsp3) is 0.133. The molecule has 0 aliphatic heterocycles. The Kier molecular flexibility index (Phi) is 2.89. The predicted octanol–water partition coefficient (Wildman–Crippen LogP) is 3.02. The van der Waals surface area contributed by atoms with E-state index in [-0.39, 0.29) is 17.7 Å². The molecule has 0 saturated carbocycles. The molecule has 102 valence electrons. The number of aromatic nitrogens is 2. The van der Waals surface area contributed by atoms with Crippen LogP contribution in [0.4, 0.5) is 14.5 Å². The SMILES string of the molecule is Cn1c(Cc2cc(F)c(N)cc2F)nc2ccccc21. The number of nitrogens with two attached hydrogens (primary N) is 1. The van der Waals surface area contributed by atoms with Crippen LogP contribution in [0.3, 0.4) is 0 Å². The van der Waals surface area contributed by atoms with E-state index >= 15 is 0 Å². The molecule has 0 unspecified atom stereocenters. The number of imidazole rings is 1. The Morgan fingerprint density at radius 1 is 1.15 bits per heavy atom. The largest absolute Gasteiger partial charge is 0.396 e. The lowest BCUT2D eigenvalue weighted by Crippen LogP contribution is -2.03. The zero-order valence-electron chi connectivity index (χ0n) is 10.9. The van der Waals surface area contributed by atoms with Gasteiger partial charge < -0.3 is 10.3 Å². The number of rotatable bonds is 2. The number of nitrogens with zero attached hydrogens (tertiary/aromatic N) is 2. The Balaban J connectivity index is 2.05. The van der Waals surface area contributed by atoms with Crippen LogP contribution in [0.1, 0.15) is 11.4 Å². The number of anilines is 1. The van der Waals surface area contributed by atoms with Crippen molar-refractivity contribution >= 4 is 16.7 Å². The van der Waals surface area contributed by atoms with E-state index in [0.717, 1.165) is 23.2 Å². The predicted molar refractivity (Wildman–Crippen MR) is 74.3 cm³/mol. The van der Waals surface area contributed by atoms with Crippen LogP contribution in [0.25, 0.3) is 11.0 Å². The van der Waals surface area contributed by atoms with Crippen molar-refractivity contribution < 1.29 is 8.78 Å². The number of benzene rings is 2. The molecular formula is C15H13F2N3. The molecule has 0 amide bonds. The second-order valence-corrected chi connectivity index (χ2v) is 4.72. The summed E-state index contributed by atoms with van der Waals surface area (Å²) >= 11 is 0.